The summed E-state index contributed by atoms with van der Waals surface area (Å²) in [5.41, 5.74) is 6.33. The number of hydrogen-bond acceptors (Lipinski definition) is 5. The van der Waals surface area contributed by atoms with E-state index in [9.17, 15) is 10.1 Å². The van der Waals surface area contributed by atoms with E-state index < -0.39 is 4.92 Å². The molecule has 2 rings (SSSR count). The Kier molecular flexibility index (Phi) is 4.97. The van der Waals surface area contributed by atoms with E-state index in [-0.39, 0.29) is 5.69 Å². The molecular weight excluding hydrogens is 294 g/mol. The van der Waals surface area contributed by atoms with Gasteiger partial charge in [0.15, 0.2) is 0 Å². The third-order valence-corrected chi connectivity index (χ3v) is 2.89. The topological polar surface area (TPSA) is 90.4 Å². The number of ether oxygens (including phenoxy) is 1. The monoisotopic (exact) mass is 307 g/mol. The van der Waals surface area contributed by atoms with Crippen molar-refractivity contribution in [1.82, 2.24) is 0 Å². The van der Waals surface area contributed by atoms with Crippen LogP contribution in [0, 0.1) is 10.1 Å². The Labute approximate surface area is 126 Å². The number of hydrogen-bond donors (Lipinski definition) is 2. The van der Waals surface area contributed by atoms with Gasteiger partial charge < -0.3 is 15.8 Å². The van der Waals surface area contributed by atoms with E-state index in [1.54, 1.807) is 36.4 Å². The van der Waals surface area contributed by atoms with Crippen molar-refractivity contribution in [3.05, 3.63) is 57.6 Å². The molecule has 6 nitrogen and oxygen atoms in total. The van der Waals surface area contributed by atoms with Crippen molar-refractivity contribution in [3.8, 4) is 5.75 Å². The lowest BCUT2D eigenvalue weighted by molar-refractivity contribution is -0.383. The molecule has 0 amide bonds. The van der Waals surface area contributed by atoms with Gasteiger partial charge in [0.1, 0.15) is 18.0 Å². The first-order valence-corrected chi connectivity index (χ1v) is 6.62. The van der Waals surface area contributed by atoms with Gasteiger partial charge in [0.2, 0.25) is 0 Å². The molecule has 0 bridgehead atoms. The number of rotatable bonds is 6. The summed E-state index contributed by atoms with van der Waals surface area (Å²) < 4.78 is 5.41. The first kappa shape index (κ1) is 15.1. The van der Waals surface area contributed by atoms with Crippen molar-refractivity contribution in [1.29, 1.82) is 0 Å². The maximum absolute atomic E-state index is 11.0. The van der Waals surface area contributed by atoms with E-state index in [2.05, 4.69) is 5.32 Å². The molecule has 0 saturated carbocycles. The molecule has 0 unspecified atom stereocenters. The number of benzene rings is 2. The molecule has 0 atom stereocenters. The van der Waals surface area contributed by atoms with E-state index in [0.717, 1.165) is 0 Å². The highest BCUT2D eigenvalue weighted by atomic mass is 35.5. The average Bonchev–Trinajstić information content (AvgIpc) is 2.47. The zero-order valence-corrected chi connectivity index (χ0v) is 11.8. The summed E-state index contributed by atoms with van der Waals surface area (Å²) in [5, 5.41) is 14.3. The molecule has 0 fully saturated rings. The Bertz CT molecular complexity index is 649. The Hall–Kier alpha value is -2.31. The summed E-state index contributed by atoms with van der Waals surface area (Å²) >= 11 is 5.78. The minimum atomic E-state index is -0.483. The van der Waals surface area contributed by atoms with Crippen LogP contribution < -0.4 is 15.8 Å². The molecule has 0 saturated heterocycles. The van der Waals surface area contributed by atoms with Crippen LogP contribution in [0.25, 0.3) is 0 Å². The zero-order chi connectivity index (χ0) is 15.2. The minimum Gasteiger partial charge on any atom is -0.492 e. The standard InChI is InChI=1S/C14H14ClN3O3/c15-10-4-5-13(14(8-10)18(19)20)17-11-2-1-3-12(9-11)21-7-6-16/h1-5,8-9,17H,6-7,16H2. The first-order valence-electron chi connectivity index (χ1n) is 6.24. The Morgan fingerprint density at radius 2 is 2.10 bits per heavy atom. The summed E-state index contributed by atoms with van der Waals surface area (Å²) in [7, 11) is 0. The lowest BCUT2D eigenvalue weighted by atomic mass is 10.2. The summed E-state index contributed by atoms with van der Waals surface area (Å²) in [5.74, 6) is 0.641. The Morgan fingerprint density at radius 1 is 1.29 bits per heavy atom. The molecule has 0 spiro atoms. The highest BCUT2D eigenvalue weighted by molar-refractivity contribution is 6.30. The maximum atomic E-state index is 11.0. The zero-order valence-electron chi connectivity index (χ0n) is 11.1. The lowest BCUT2D eigenvalue weighted by Gasteiger charge is -2.10. The lowest BCUT2D eigenvalue weighted by Crippen LogP contribution is -2.10. The van der Waals surface area contributed by atoms with Crippen molar-refractivity contribution < 1.29 is 9.66 Å². The maximum Gasteiger partial charge on any atom is 0.294 e. The number of anilines is 2. The van der Waals surface area contributed by atoms with Gasteiger partial charge in [-0.3, -0.25) is 10.1 Å². The van der Waals surface area contributed by atoms with E-state index >= 15 is 0 Å². The molecular formula is C14H14ClN3O3. The fourth-order valence-corrected chi connectivity index (χ4v) is 1.92. The quantitative estimate of drug-likeness (QED) is 0.631. The largest absolute Gasteiger partial charge is 0.492 e. The van der Waals surface area contributed by atoms with Crippen LogP contribution in [-0.2, 0) is 0 Å². The second-order valence-electron chi connectivity index (χ2n) is 4.21. The number of halogens is 1. The van der Waals surface area contributed by atoms with E-state index in [1.807, 2.05) is 0 Å². The van der Waals surface area contributed by atoms with Crippen LogP contribution in [-0.4, -0.2) is 18.1 Å². The third kappa shape index (κ3) is 4.08. The highest BCUT2D eigenvalue weighted by Gasteiger charge is 2.14. The Balaban J connectivity index is 2.24. The van der Waals surface area contributed by atoms with Gasteiger partial charge in [-0.15, -0.1) is 0 Å². The molecule has 2 aromatic carbocycles. The first-order chi connectivity index (χ1) is 10.1. The summed E-state index contributed by atoms with van der Waals surface area (Å²) in [4.78, 5) is 10.6. The summed E-state index contributed by atoms with van der Waals surface area (Å²) in [6.07, 6.45) is 0. The predicted octanol–water partition coefficient (Wildman–Crippen LogP) is 3.33. The number of nitrogens with zero attached hydrogens (tertiary/aromatic N) is 1. The molecule has 0 aromatic heterocycles. The summed E-state index contributed by atoms with van der Waals surface area (Å²) in [6.45, 7) is 0.824. The normalized spacial score (nSPS) is 10.2. The third-order valence-electron chi connectivity index (χ3n) is 2.66. The fraction of sp³-hybridized carbons (Fsp3) is 0.143. The predicted molar refractivity (Wildman–Crippen MR) is 82.4 cm³/mol. The van der Waals surface area contributed by atoms with Crippen molar-refractivity contribution in [2.75, 3.05) is 18.5 Å². The van der Waals surface area contributed by atoms with Crippen LogP contribution in [0.4, 0.5) is 17.1 Å². The van der Waals surface area contributed by atoms with E-state index in [4.69, 9.17) is 22.1 Å². The number of nitrogens with two attached hydrogens (primary N) is 1. The van der Waals surface area contributed by atoms with Crippen LogP contribution in [0.1, 0.15) is 0 Å². The molecule has 110 valence electrons. The molecule has 0 aliphatic heterocycles. The van der Waals surface area contributed by atoms with Crippen molar-refractivity contribution >= 4 is 28.7 Å². The van der Waals surface area contributed by atoms with Gasteiger partial charge in [-0.05, 0) is 24.3 Å². The second-order valence-corrected chi connectivity index (χ2v) is 4.64. The van der Waals surface area contributed by atoms with Gasteiger partial charge in [0.05, 0.1) is 4.92 Å². The highest BCUT2D eigenvalue weighted by Crippen LogP contribution is 2.31. The molecule has 3 N–H and O–H groups in total. The van der Waals surface area contributed by atoms with Crippen LogP contribution >= 0.6 is 11.6 Å². The van der Waals surface area contributed by atoms with Crippen molar-refractivity contribution in [2.45, 2.75) is 0 Å². The molecule has 0 heterocycles. The van der Waals surface area contributed by atoms with Crippen LogP contribution in [0.2, 0.25) is 5.02 Å². The number of nitro benzene ring substituents is 1. The van der Waals surface area contributed by atoms with Gasteiger partial charge in [0.25, 0.3) is 5.69 Å². The second kappa shape index (κ2) is 6.92. The Morgan fingerprint density at radius 3 is 2.81 bits per heavy atom. The SMILES string of the molecule is NCCOc1cccc(Nc2ccc(Cl)cc2[N+](=O)[O-])c1. The van der Waals surface area contributed by atoms with Gasteiger partial charge in [-0.25, -0.2) is 0 Å². The molecule has 0 aliphatic rings. The molecule has 0 aliphatic carbocycles. The van der Waals surface area contributed by atoms with Crippen LogP contribution in [0.5, 0.6) is 5.75 Å². The van der Waals surface area contributed by atoms with Gasteiger partial charge in [-0.1, -0.05) is 17.7 Å². The number of nitrogens with one attached hydrogen (secondary N) is 1. The van der Waals surface area contributed by atoms with Crippen molar-refractivity contribution in [2.24, 2.45) is 5.73 Å². The van der Waals surface area contributed by atoms with E-state index in [0.29, 0.717) is 35.3 Å². The average molecular weight is 308 g/mol. The molecule has 0 radical (unpaired) electrons. The van der Waals surface area contributed by atoms with Gasteiger partial charge >= 0.3 is 0 Å². The van der Waals surface area contributed by atoms with E-state index in [1.165, 1.54) is 6.07 Å². The fourth-order valence-electron chi connectivity index (χ4n) is 1.76. The van der Waals surface area contributed by atoms with Gasteiger partial charge in [-0.2, -0.15) is 0 Å². The number of nitro groups is 1. The smallest absolute Gasteiger partial charge is 0.294 e. The van der Waals surface area contributed by atoms with Crippen molar-refractivity contribution in [3.63, 3.8) is 0 Å². The van der Waals surface area contributed by atoms with Gasteiger partial charge in [0, 0.05) is 29.4 Å². The minimum absolute atomic E-state index is 0.0872. The molecule has 21 heavy (non-hydrogen) atoms. The van der Waals surface area contributed by atoms with Crippen LogP contribution in [0.15, 0.2) is 42.5 Å². The summed E-state index contributed by atoms with van der Waals surface area (Å²) in [6, 6.07) is 11.6. The van der Waals surface area contributed by atoms with Crippen LogP contribution in [0.3, 0.4) is 0 Å². The molecule has 2 aromatic rings. The molecule has 7 heteroatoms.